The fourth-order valence-electron chi connectivity index (χ4n) is 27.2. The smallest absolute Gasteiger partial charge is 0.311 e. The molecular formula is C106H152O30. The first kappa shape index (κ1) is 101. The second-order valence-corrected chi connectivity index (χ2v) is 47.8. The van der Waals surface area contributed by atoms with Crippen LogP contribution in [0.3, 0.4) is 0 Å². The molecule has 30 unspecified atom stereocenters. The van der Waals surface area contributed by atoms with Gasteiger partial charge in [0.1, 0.15) is 90.1 Å². The van der Waals surface area contributed by atoms with Crippen LogP contribution in [0.15, 0.2) is 0 Å². The maximum Gasteiger partial charge on any atom is 0.311 e. The monoisotopic (exact) mass is 1910 g/mol. The number of ether oxygens (including phenoxy) is 15. The van der Waals surface area contributed by atoms with Crippen molar-refractivity contribution in [3.05, 3.63) is 0 Å². The van der Waals surface area contributed by atoms with Crippen LogP contribution in [0.1, 0.15) is 337 Å². The summed E-state index contributed by atoms with van der Waals surface area (Å²) in [6, 6.07) is 0. The van der Waals surface area contributed by atoms with Crippen molar-refractivity contribution in [1.29, 1.82) is 0 Å². The topological polar surface area (TPSA) is 394 Å². The summed E-state index contributed by atoms with van der Waals surface area (Å²) in [6.07, 6.45) is 24.6. The second-order valence-electron chi connectivity index (χ2n) is 47.8. The van der Waals surface area contributed by atoms with Crippen molar-refractivity contribution < 1.29 is 143 Å². The van der Waals surface area contributed by atoms with Gasteiger partial charge in [0.15, 0.2) is 0 Å². The van der Waals surface area contributed by atoms with Crippen LogP contribution in [0.4, 0.5) is 0 Å². The molecule has 20 aliphatic rings. The quantitative estimate of drug-likeness (QED) is 0.0573. The summed E-state index contributed by atoms with van der Waals surface area (Å²) in [5, 5.41) is 0. The fourth-order valence-corrected chi connectivity index (χ4v) is 27.2. The first-order chi connectivity index (χ1) is 64.2. The standard InChI is InChI=1S/2C22H32O6.2C21H30O6.C20H28O6/c1-5-21(2,3)20(25)27-17-13-11-12-14(18(23)26-16(12)17)15(13)19(24)28-22(4)9-7-6-8-10-22;1-5-21(3,4)20(25)27-17-13-11-12-14(18(23)26-16(12)17)15(13)19(24)28-22(6-2)9-7-8-10-22;1-5-20(2,3)19(24)26-16-12-10-11-13(17(22)25-15(11)16)14(12)18(23)27-21(4)8-6-7-9-21;1-4-21(2,3)20(24)27-17-13-10-12-15(19(23)26-16(12)17)14(13)18(22)25-11-8-6-5-7-9-11;1-4-20(2,3)19(23)26-16-12-9-11-14(18(22)25-15(11)16)13(12)17(21)24-10-7-5-6-8-10/h2*12-17H,5-11H2,1-4H3;11-16H,5-10H2,1-4H3;11-17H,4-10H2,1-3H3;10-16H,4-9H2,1-3H3. The van der Waals surface area contributed by atoms with Crippen LogP contribution in [0.5, 0.6) is 0 Å². The Kier molecular flexibility index (Phi) is 28.6. The zero-order valence-electron chi connectivity index (χ0n) is 83.6. The first-order valence-electron chi connectivity index (χ1n) is 52.4. The normalized spacial score (nSPS) is 38.2. The number of esters is 15. The molecule has 15 saturated carbocycles. The predicted molar refractivity (Wildman–Crippen MR) is 481 cm³/mol. The van der Waals surface area contributed by atoms with Gasteiger partial charge in [0, 0.05) is 59.2 Å². The molecule has 20 rings (SSSR count). The lowest BCUT2D eigenvalue weighted by Gasteiger charge is -2.37. The van der Waals surface area contributed by atoms with E-state index in [4.69, 9.17) is 71.1 Å². The van der Waals surface area contributed by atoms with Gasteiger partial charge in [-0.2, -0.15) is 0 Å². The van der Waals surface area contributed by atoms with Gasteiger partial charge in [0.05, 0.1) is 86.3 Å². The second kappa shape index (κ2) is 38.5. The summed E-state index contributed by atoms with van der Waals surface area (Å²) in [7, 11) is 0. The van der Waals surface area contributed by atoms with Crippen LogP contribution in [0.2, 0.25) is 0 Å². The van der Waals surface area contributed by atoms with Gasteiger partial charge in [-0.25, -0.2) is 0 Å². The van der Waals surface area contributed by atoms with Gasteiger partial charge in [0.2, 0.25) is 0 Å². The molecule has 0 amide bonds. The number of rotatable bonds is 26. The summed E-state index contributed by atoms with van der Waals surface area (Å²) in [5.74, 6) is -10.7. The Balaban J connectivity index is 0.000000123. The lowest BCUT2D eigenvalue weighted by Crippen LogP contribution is -2.47. The minimum absolute atomic E-state index is 0.0313. The molecule has 30 atom stereocenters. The Labute approximate surface area is 800 Å². The van der Waals surface area contributed by atoms with E-state index in [9.17, 15) is 71.9 Å². The molecule has 0 aromatic heterocycles. The molecule has 30 nitrogen and oxygen atoms in total. The van der Waals surface area contributed by atoms with Gasteiger partial charge < -0.3 is 71.1 Å². The molecule has 0 spiro atoms. The Hall–Kier alpha value is -7.95. The van der Waals surface area contributed by atoms with Crippen molar-refractivity contribution >= 4 is 89.5 Å². The van der Waals surface area contributed by atoms with Crippen LogP contribution < -0.4 is 0 Å². The molecular weight excluding hydrogens is 1750 g/mol. The number of hydrogen-bond acceptors (Lipinski definition) is 30. The molecule has 756 valence electrons. The Morgan fingerprint density at radius 3 is 0.713 bits per heavy atom. The molecule has 0 N–H and O–H groups in total. The summed E-state index contributed by atoms with van der Waals surface area (Å²) < 4.78 is 86.3. The number of carbonyl (C=O) groups excluding carboxylic acids is 15. The van der Waals surface area contributed by atoms with Gasteiger partial charge in [-0.3, -0.25) is 71.9 Å². The van der Waals surface area contributed by atoms with Crippen molar-refractivity contribution in [2.24, 2.45) is 145 Å². The van der Waals surface area contributed by atoms with E-state index in [0.717, 1.165) is 135 Å². The van der Waals surface area contributed by atoms with Crippen LogP contribution in [-0.4, -0.2) is 180 Å². The van der Waals surface area contributed by atoms with Gasteiger partial charge in [-0.1, -0.05) is 54.4 Å². The lowest BCUT2D eigenvalue weighted by atomic mass is 9.78. The summed E-state index contributed by atoms with van der Waals surface area (Å²) in [6.45, 7) is 34.2. The number of carbonyl (C=O) groups is 15. The summed E-state index contributed by atoms with van der Waals surface area (Å²) in [4.78, 5) is 190. The minimum Gasteiger partial charge on any atom is -0.462 e. The fraction of sp³-hybridized carbons (Fsp3) is 0.858. The van der Waals surface area contributed by atoms with Crippen LogP contribution in [0.25, 0.3) is 0 Å². The molecule has 15 aliphatic carbocycles. The van der Waals surface area contributed by atoms with Gasteiger partial charge >= 0.3 is 89.5 Å². The van der Waals surface area contributed by atoms with Gasteiger partial charge in [-0.05, 0) is 282 Å². The summed E-state index contributed by atoms with van der Waals surface area (Å²) >= 11 is 0. The molecule has 5 aliphatic heterocycles. The molecule has 136 heavy (non-hydrogen) atoms. The Bertz CT molecular complexity index is 4580. The average Bonchev–Trinajstić information content (AvgIpc) is 1.57. The van der Waals surface area contributed by atoms with Crippen LogP contribution in [-0.2, 0) is 143 Å². The Morgan fingerprint density at radius 2 is 0.478 bits per heavy atom. The van der Waals surface area contributed by atoms with Crippen LogP contribution >= 0.6 is 0 Å². The third kappa shape index (κ3) is 18.5. The average molecular weight is 1910 g/mol. The highest BCUT2D eigenvalue weighted by Crippen LogP contribution is 2.66. The van der Waals surface area contributed by atoms with Crippen molar-refractivity contribution in [2.75, 3.05) is 0 Å². The summed E-state index contributed by atoms with van der Waals surface area (Å²) in [5.41, 5.74) is -4.27. The lowest BCUT2D eigenvalue weighted by molar-refractivity contribution is -0.179. The van der Waals surface area contributed by atoms with Crippen LogP contribution in [0, 0.1) is 145 Å². The predicted octanol–water partition coefficient (Wildman–Crippen LogP) is 15.5. The van der Waals surface area contributed by atoms with Crippen molar-refractivity contribution in [3.8, 4) is 0 Å². The van der Waals surface area contributed by atoms with Crippen molar-refractivity contribution in [3.63, 3.8) is 0 Å². The molecule has 0 aromatic rings. The van der Waals surface area contributed by atoms with E-state index in [0.29, 0.717) is 64.2 Å². The van der Waals surface area contributed by atoms with Crippen molar-refractivity contribution in [2.45, 2.75) is 427 Å². The van der Waals surface area contributed by atoms with E-state index < -0.39 is 164 Å². The maximum absolute atomic E-state index is 13.2. The minimum atomic E-state index is -0.602. The molecule has 0 aromatic carbocycles. The van der Waals surface area contributed by atoms with Gasteiger partial charge in [0.25, 0.3) is 0 Å². The SMILES string of the molecule is CCC(C)(C)C(=O)OC1C2CC3C1OC(=O)C3C2C(=O)OC1(C)CCCC1.CCC(C)(C)C(=O)OC1C2CC3C1OC(=O)C3C2C(=O)OC1(C)CCCCC1.CCC(C)(C)C(=O)OC1C2CC3C1OC(=O)C3C2C(=O)OC1CCCC1.CCC(C)(C)C(=O)OC1C2CC3C1OC(=O)C3C2C(=O)OC1CCCCC1.CCC1(OC(=O)C2C3CC4C(OC(=O)C42)C3OC(=O)C(C)(C)CC)CCCC1. The molecule has 30 heteroatoms. The molecule has 5 saturated heterocycles. The van der Waals surface area contributed by atoms with E-state index in [1.807, 2.05) is 118 Å². The third-order valence-corrected chi connectivity index (χ3v) is 37.7. The van der Waals surface area contributed by atoms with E-state index in [2.05, 4.69) is 6.92 Å². The highest BCUT2D eigenvalue weighted by molar-refractivity contribution is 5.91. The number of hydrogen-bond donors (Lipinski definition) is 0. The molecule has 5 heterocycles. The largest absolute Gasteiger partial charge is 0.462 e. The molecule has 0 radical (unpaired) electrons. The van der Waals surface area contributed by atoms with Gasteiger partial charge in [-0.15, -0.1) is 0 Å². The highest BCUT2D eigenvalue weighted by Gasteiger charge is 2.76. The third-order valence-electron chi connectivity index (χ3n) is 37.7. The number of fused-ring (bicyclic) bond motifs is 5. The zero-order valence-corrected chi connectivity index (χ0v) is 83.6. The molecule has 20 fully saturated rings. The maximum atomic E-state index is 13.2. The van der Waals surface area contributed by atoms with Crippen molar-refractivity contribution in [1.82, 2.24) is 0 Å². The van der Waals surface area contributed by atoms with E-state index in [1.54, 1.807) is 0 Å². The van der Waals surface area contributed by atoms with E-state index >= 15 is 0 Å². The van der Waals surface area contributed by atoms with E-state index in [-0.39, 0.29) is 161 Å². The van der Waals surface area contributed by atoms with E-state index in [1.165, 1.54) is 12.8 Å². The highest BCUT2D eigenvalue weighted by atomic mass is 16.6. The first-order valence-corrected chi connectivity index (χ1v) is 52.4. The molecule has 10 bridgehead atoms. The zero-order chi connectivity index (χ0) is 98.1. The Morgan fingerprint density at radius 1 is 0.272 bits per heavy atom.